The molecule has 2 aromatic rings. The Morgan fingerprint density at radius 1 is 1.61 bits per heavy atom. The minimum absolute atomic E-state index is 0.0925. The maximum absolute atomic E-state index is 5.80. The molecule has 0 bridgehead atoms. The molecule has 5 heteroatoms. The fourth-order valence-electron chi connectivity index (χ4n) is 2.30. The molecular formula is C13H17N3OS. The Morgan fingerprint density at radius 3 is 3.39 bits per heavy atom. The predicted molar refractivity (Wildman–Crippen MR) is 71.6 cm³/mol. The Bertz CT molecular complexity index is 506. The lowest BCUT2D eigenvalue weighted by molar-refractivity contribution is 0.0394. The van der Waals surface area contributed by atoms with Crippen molar-refractivity contribution >= 4 is 11.3 Å². The van der Waals surface area contributed by atoms with E-state index in [0.29, 0.717) is 0 Å². The molecule has 0 amide bonds. The summed E-state index contributed by atoms with van der Waals surface area (Å²) in [7, 11) is 1.97. The van der Waals surface area contributed by atoms with Crippen LogP contribution in [0.5, 0.6) is 0 Å². The number of rotatable bonds is 4. The highest BCUT2D eigenvalue weighted by Gasteiger charge is 2.23. The molecule has 0 aromatic carbocycles. The van der Waals surface area contributed by atoms with Crippen LogP contribution in [-0.2, 0) is 24.8 Å². The van der Waals surface area contributed by atoms with E-state index in [1.54, 1.807) is 11.3 Å². The maximum atomic E-state index is 5.80. The van der Waals surface area contributed by atoms with Gasteiger partial charge < -0.3 is 10.1 Å². The van der Waals surface area contributed by atoms with Crippen LogP contribution in [0, 0.1) is 0 Å². The summed E-state index contributed by atoms with van der Waals surface area (Å²) in [6.07, 6.45) is 3.17. The van der Waals surface area contributed by atoms with Crippen molar-refractivity contribution in [3.63, 3.8) is 0 Å². The lowest BCUT2D eigenvalue weighted by atomic mass is 10.1. The van der Waals surface area contributed by atoms with Crippen molar-refractivity contribution in [3.05, 3.63) is 39.8 Å². The Morgan fingerprint density at radius 2 is 2.56 bits per heavy atom. The fraction of sp³-hybridized carbons (Fsp3) is 0.462. The second-order valence-electron chi connectivity index (χ2n) is 4.53. The molecule has 1 unspecified atom stereocenters. The number of hydrogen-bond donors (Lipinski definition) is 1. The third-order valence-electron chi connectivity index (χ3n) is 3.14. The molecule has 2 aromatic heterocycles. The van der Waals surface area contributed by atoms with E-state index >= 15 is 0 Å². The lowest BCUT2D eigenvalue weighted by Gasteiger charge is -2.22. The fourth-order valence-corrected chi connectivity index (χ4v) is 2.98. The van der Waals surface area contributed by atoms with E-state index < -0.39 is 0 Å². The van der Waals surface area contributed by atoms with Gasteiger partial charge in [-0.25, -0.2) is 0 Å². The zero-order chi connectivity index (χ0) is 12.4. The molecule has 0 radical (unpaired) electrons. The molecule has 0 saturated heterocycles. The van der Waals surface area contributed by atoms with Crippen LogP contribution in [0.4, 0.5) is 0 Å². The summed E-state index contributed by atoms with van der Waals surface area (Å²) >= 11 is 1.78. The first-order valence-corrected chi connectivity index (χ1v) is 7.08. The van der Waals surface area contributed by atoms with Gasteiger partial charge >= 0.3 is 0 Å². The van der Waals surface area contributed by atoms with Crippen molar-refractivity contribution < 1.29 is 4.74 Å². The summed E-state index contributed by atoms with van der Waals surface area (Å²) in [4.78, 5) is 1.35. The number of nitrogens with zero attached hydrogens (tertiary/aromatic N) is 2. The number of aromatic nitrogens is 2. The van der Waals surface area contributed by atoms with Crippen LogP contribution < -0.4 is 5.32 Å². The Kier molecular flexibility index (Phi) is 3.45. The quantitative estimate of drug-likeness (QED) is 0.915. The second-order valence-corrected chi connectivity index (χ2v) is 5.57. The van der Waals surface area contributed by atoms with Crippen molar-refractivity contribution in [3.8, 4) is 0 Å². The van der Waals surface area contributed by atoms with Crippen molar-refractivity contribution in [2.45, 2.75) is 19.1 Å². The minimum atomic E-state index is 0.0925. The van der Waals surface area contributed by atoms with Crippen LogP contribution in [0.25, 0.3) is 0 Å². The third-order valence-corrected chi connectivity index (χ3v) is 4.02. The van der Waals surface area contributed by atoms with Crippen LogP contribution in [0.15, 0.2) is 23.7 Å². The van der Waals surface area contributed by atoms with E-state index in [1.165, 1.54) is 10.4 Å². The molecule has 0 aliphatic carbocycles. The van der Waals surface area contributed by atoms with Crippen molar-refractivity contribution in [2.24, 2.45) is 7.05 Å². The number of nitrogens with one attached hydrogen (secondary N) is 1. The highest BCUT2D eigenvalue weighted by Crippen LogP contribution is 2.24. The van der Waals surface area contributed by atoms with E-state index in [4.69, 9.17) is 4.74 Å². The summed E-state index contributed by atoms with van der Waals surface area (Å²) in [5.74, 6) is 0. The summed E-state index contributed by atoms with van der Waals surface area (Å²) in [6.45, 7) is 2.52. The molecule has 4 nitrogen and oxygen atoms in total. The van der Waals surface area contributed by atoms with E-state index in [0.717, 1.165) is 31.8 Å². The number of ether oxygens (including phenoxy) is 1. The zero-order valence-electron chi connectivity index (χ0n) is 10.4. The van der Waals surface area contributed by atoms with Gasteiger partial charge in [0.05, 0.1) is 12.3 Å². The topological polar surface area (TPSA) is 39.1 Å². The lowest BCUT2D eigenvalue weighted by Crippen LogP contribution is -2.27. The van der Waals surface area contributed by atoms with Crippen molar-refractivity contribution in [1.29, 1.82) is 0 Å². The summed E-state index contributed by atoms with van der Waals surface area (Å²) in [5.41, 5.74) is 2.43. The first-order valence-electron chi connectivity index (χ1n) is 6.20. The van der Waals surface area contributed by atoms with E-state index in [2.05, 4.69) is 34.1 Å². The molecular weight excluding hydrogens is 246 g/mol. The minimum Gasteiger partial charge on any atom is -0.370 e. The molecule has 3 heterocycles. The molecule has 1 atom stereocenters. The average Bonchev–Trinajstić information content (AvgIpc) is 2.97. The summed E-state index contributed by atoms with van der Waals surface area (Å²) < 4.78 is 7.68. The largest absolute Gasteiger partial charge is 0.370 e. The number of thiophene rings is 1. The van der Waals surface area contributed by atoms with Gasteiger partial charge in [-0.3, -0.25) is 4.68 Å². The molecule has 3 rings (SSSR count). The second kappa shape index (κ2) is 5.22. The number of hydrogen-bond acceptors (Lipinski definition) is 4. The Hall–Kier alpha value is -1.17. The normalized spacial score (nSPS) is 18.8. The van der Waals surface area contributed by atoms with Gasteiger partial charge in [-0.1, -0.05) is 6.07 Å². The highest BCUT2D eigenvalue weighted by molar-refractivity contribution is 7.09. The molecule has 18 heavy (non-hydrogen) atoms. The molecule has 0 spiro atoms. The predicted octanol–water partition coefficient (Wildman–Crippen LogP) is 1.89. The van der Waals surface area contributed by atoms with Crippen LogP contribution in [0.1, 0.15) is 22.2 Å². The van der Waals surface area contributed by atoms with Gasteiger partial charge in [-0.05, 0) is 23.4 Å². The first-order chi connectivity index (χ1) is 8.83. The smallest absolute Gasteiger partial charge is 0.114 e. The monoisotopic (exact) mass is 263 g/mol. The van der Waals surface area contributed by atoms with Crippen LogP contribution in [-0.4, -0.2) is 22.9 Å². The standard InChI is InChI=1S/C13H17N3OS/c1-16-9-10-4-5-17-12(13(10)15-16)8-14-7-11-3-2-6-18-11/h2-3,6,9,12,14H,4-5,7-8H2,1H3. The maximum Gasteiger partial charge on any atom is 0.114 e. The number of aryl methyl sites for hydroxylation is 1. The Labute approximate surface area is 111 Å². The van der Waals surface area contributed by atoms with Crippen molar-refractivity contribution in [2.75, 3.05) is 13.2 Å². The van der Waals surface area contributed by atoms with Crippen molar-refractivity contribution in [1.82, 2.24) is 15.1 Å². The number of fused-ring (bicyclic) bond motifs is 1. The molecule has 1 aliphatic rings. The summed E-state index contributed by atoms with van der Waals surface area (Å²) in [6, 6.07) is 4.22. The third kappa shape index (κ3) is 2.48. The van der Waals surface area contributed by atoms with Crippen LogP contribution >= 0.6 is 11.3 Å². The molecule has 0 fully saturated rings. The van der Waals surface area contributed by atoms with Gasteiger partial charge in [0, 0.05) is 31.2 Å². The highest BCUT2D eigenvalue weighted by atomic mass is 32.1. The van der Waals surface area contributed by atoms with Gasteiger partial charge in [0.25, 0.3) is 0 Å². The van der Waals surface area contributed by atoms with Gasteiger partial charge in [0.2, 0.25) is 0 Å². The van der Waals surface area contributed by atoms with Crippen LogP contribution in [0.2, 0.25) is 0 Å². The van der Waals surface area contributed by atoms with E-state index in [1.807, 2.05) is 11.7 Å². The van der Waals surface area contributed by atoms with Gasteiger partial charge in [0.15, 0.2) is 0 Å². The van der Waals surface area contributed by atoms with E-state index in [9.17, 15) is 0 Å². The first kappa shape index (κ1) is 11.9. The molecule has 0 saturated carbocycles. The molecule has 1 aliphatic heterocycles. The summed E-state index contributed by atoms with van der Waals surface area (Å²) in [5, 5.41) is 10.0. The SMILES string of the molecule is Cn1cc2c(n1)C(CNCc1cccs1)OCC2. The van der Waals surface area contributed by atoms with Crippen LogP contribution in [0.3, 0.4) is 0 Å². The molecule has 1 N–H and O–H groups in total. The van der Waals surface area contributed by atoms with E-state index in [-0.39, 0.29) is 6.10 Å². The average molecular weight is 263 g/mol. The van der Waals surface area contributed by atoms with Gasteiger partial charge in [-0.2, -0.15) is 5.10 Å². The molecule has 96 valence electrons. The van der Waals surface area contributed by atoms with Gasteiger partial charge in [-0.15, -0.1) is 11.3 Å². The Balaban J connectivity index is 1.60. The zero-order valence-corrected chi connectivity index (χ0v) is 11.2. The van der Waals surface area contributed by atoms with Gasteiger partial charge in [0.1, 0.15) is 6.10 Å².